The van der Waals surface area contributed by atoms with Crippen molar-refractivity contribution in [2.24, 2.45) is 0 Å². The molecule has 0 unspecified atom stereocenters. The highest BCUT2D eigenvalue weighted by Gasteiger charge is 2.50. The molecule has 36 heavy (non-hydrogen) atoms. The van der Waals surface area contributed by atoms with Crippen LogP contribution in [0, 0.1) is 0 Å². The number of carbonyl (C=O) groups excluding carboxylic acids is 2. The average molecular weight is 568 g/mol. The second-order valence-corrected chi connectivity index (χ2v) is 16.2. The topological polar surface area (TPSA) is 102 Å². The van der Waals surface area contributed by atoms with Gasteiger partial charge in [0.25, 0.3) is 0 Å². The van der Waals surface area contributed by atoms with Crippen LogP contribution in [0.15, 0.2) is 0 Å². The summed E-state index contributed by atoms with van der Waals surface area (Å²) in [4.78, 5) is 23.5. The molecule has 0 aromatic carbocycles. The fourth-order valence-corrected chi connectivity index (χ4v) is 7.07. The molecule has 0 atom stereocenters. The van der Waals surface area contributed by atoms with Gasteiger partial charge < -0.3 is 28.1 Å². The van der Waals surface area contributed by atoms with Crippen molar-refractivity contribution in [3.63, 3.8) is 0 Å². The first-order valence-electron chi connectivity index (χ1n) is 11.9. The third-order valence-corrected chi connectivity index (χ3v) is 9.85. The van der Waals surface area contributed by atoms with Gasteiger partial charge in [-0.25, -0.2) is 4.74 Å². The molecule has 0 radical (unpaired) electrons. The zero-order chi connectivity index (χ0) is 27.9. The smallest absolute Gasteiger partial charge is 0.416 e. The van der Waals surface area contributed by atoms with Gasteiger partial charge >= 0.3 is 26.7 Å². The number of alkyl halides is 4. The molecule has 1 N–H and O–H groups in total. The molecule has 0 spiro atoms. The minimum absolute atomic E-state index is 0.206. The third kappa shape index (κ3) is 16.0. The summed E-state index contributed by atoms with van der Waals surface area (Å²) >= 11 is 0. The van der Waals surface area contributed by atoms with E-state index in [1.807, 2.05) is 25.7 Å². The predicted octanol–water partition coefficient (Wildman–Crippen LogP) is 3.96. The van der Waals surface area contributed by atoms with Crippen LogP contribution in [0.2, 0.25) is 25.7 Å². The Labute approximate surface area is 212 Å². The molecule has 1 amide bonds. The normalized spacial score (nSPS) is 13.2. The quantitative estimate of drug-likeness (QED) is 0.0908. The molecule has 0 fully saturated rings. The number of carbonyl (C=O) groups is 2. The van der Waals surface area contributed by atoms with Gasteiger partial charge in [0.15, 0.2) is 5.78 Å². The fourth-order valence-electron chi connectivity index (χ4n) is 3.11. The van der Waals surface area contributed by atoms with Crippen molar-refractivity contribution >= 4 is 28.6 Å². The lowest BCUT2D eigenvalue weighted by Crippen LogP contribution is -2.52. The second kappa shape index (κ2) is 16.8. The lowest BCUT2D eigenvalue weighted by atomic mass is 10.2. The van der Waals surface area contributed by atoms with Gasteiger partial charge in [-0.05, 0) is 52.9 Å². The largest absolute Gasteiger partial charge is 0.441 e. The molecule has 0 aliphatic carbocycles. The summed E-state index contributed by atoms with van der Waals surface area (Å²) in [6.45, 7) is 9.53. The van der Waals surface area contributed by atoms with Crippen molar-refractivity contribution in [3.05, 3.63) is 0 Å². The molecule has 0 saturated carbocycles. The zero-order valence-corrected chi connectivity index (χ0v) is 24.1. The van der Waals surface area contributed by atoms with E-state index in [9.17, 15) is 27.2 Å². The molecule has 0 rings (SSSR count). The predicted molar refractivity (Wildman–Crippen MR) is 128 cm³/mol. The minimum Gasteiger partial charge on any atom is -0.416 e. The van der Waals surface area contributed by atoms with E-state index in [1.165, 1.54) is 0 Å². The highest BCUT2D eigenvalue weighted by Crippen LogP contribution is 2.27. The van der Waals surface area contributed by atoms with Crippen LogP contribution in [0.3, 0.4) is 0 Å². The number of hydrogen-bond donors (Lipinski definition) is 1. The van der Waals surface area contributed by atoms with Gasteiger partial charge in [0.05, 0.1) is 0 Å². The maximum atomic E-state index is 13.8. The SMILES string of the molecule is CCO[Si](C)(C)CNC(=O)C(F)(F)OC(F)(F)COCOCC(=O)CCCC[Si](C)(OCC)OCC. The Balaban J connectivity index is 4.22. The minimum atomic E-state index is -4.79. The van der Waals surface area contributed by atoms with Crippen molar-refractivity contribution < 1.29 is 54.6 Å². The number of hydrogen-bond acceptors (Lipinski definition) is 8. The van der Waals surface area contributed by atoms with Crippen molar-refractivity contribution in [1.82, 2.24) is 5.32 Å². The summed E-state index contributed by atoms with van der Waals surface area (Å²) in [6.07, 6.45) is -7.95. The third-order valence-electron chi connectivity index (χ3n) is 4.69. The van der Waals surface area contributed by atoms with E-state index in [4.69, 9.17) is 18.0 Å². The van der Waals surface area contributed by atoms with Crippen molar-refractivity contribution in [2.45, 2.75) is 77.9 Å². The van der Waals surface area contributed by atoms with Crippen molar-refractivity contribution in [1.29, 1.82) is 0 Å². The molecular formula is C21H41F4NO8Si2. The van der Waals surface area contributed by atoms with E-state index >= 15 is 0 Å². The molecule has 0 aromatic rings. The van der Waals surface area contributed by atoms with E-state index in [0.29, 0.717) is 26.2 Å². The molecule has 0 heterocycles. The molecule has 0 saturated heterocycles. The number of rotatable bonds is 22. The van der Waals surface area contributed by atoms with Crippen LogP contribution in [0.5, 0.6) is 0 Å². The Morgan fingerprint density at radius 1 is 0.861 bits per heavy atom. The number of ether oxygens (including phenoxy) is 3. The molecule has 214 valence electrons. The number of halogens is 4. The van der Waals surface area contributed by atoms with E-state index < -0.39 is 48.4 Å². The van der Waals surface area contributed by atoms with Crippen LogP contribution >= 0.6 is 0 Å². The number of unbranched alkanes of at least 4 members (excludes halogenated alkanes) is 1. The Morgan fingerprint density at radius 2 is 1.44 bits per heavy atom. The zero-order valence-electron chi connectivity index (χ0n) is 22.1. The number of amides is 1. The molecular weight excluding hydrogens is 526 g/mol. The standard InChI is InChI=1S/C21H41F4NO8Si2/c1-7-31-35(4,5)16-26-19(28)21(24,25)34-20(22,23)15-30-17-29-14-18(27)12-10-11-13-36(6,32-8-2)33-9-3/h7-17H2,1-6H3,(H,26,28). The Bertz CT molecular complexity index is 653. The second-order valence-electron chi connectivity index (χ2n) is 8.69. The summed E-state index contributed by atoms with van der Waals surface area (Å²) in [6, 6.07) is 0.732. The number of ketones is 1. The highest BCUT2D eigenvalue weighted by molar-refractivity contribution is 6.71. The van der Waals surface area contributed by atoms with Crippen LogP contribution in [-0.4, -0.2) is 86.8 Å². The summed E-state index contributed by atoms with van der Waals surface area (Å²) in [7, 11) is -4.70. The molecule has 0 bridgehead atoms. The van der Waals surface area contributed by atoms with Crippen LogP contribution < -0.4 is 5.32 Å². The summed E-state index contributed by atoms with van der Waals surface area (Å²) in [5, 5.41) is 1.88. The summed E-state index contributed by atoms with van der Waals surface area (Å²) in [5.74, 6) is -2.27. The Hall–Kier alpha value is -0.946. The summed E-state index contributed by atoms with van der Waals surface area (Å²) in [5.41, 5.74) is 0. The van der Waals surface area contributed by atoms with Crippen LogP contribution in [0.25, 0.3) is 0 Å². The average Bonchev–Trinajstić information content (AvgIpc) is 2.74. The summed E-state index contributed by atoms with van der Waals surface area (Å²) < 4.78 is 84.5. The van der Waals surface area contributed by atoms with Gasteiger partial charge in [0, 0.05) is 32.4 Å². The number of nitrogens with one attached hydrogen (secondary N) is 1. The van der Waals surface area contributed by atoms with Crippen LogP contribution in [0.1, 0.15) is 40.0 Å². The fraction of sp³-hybridized carbons (Fsp3) is 0.905. The maximum Gasteiger partial charge on any atom is 0.441 e. The molecule has 15 heteroatoms. The Morgan fingerprint density at radius 3 is 2.00 bits per heavy atom. The molecule has 0 aliphatic heterocycles. The van der Waals surface area contributed by atoms with E-state index in [2.05, 4.69) is 9.47 Å². The van der Waals surface area contributed by atoms with Gasteiger partial charge in [-0.3, -0.25) is 9.59 Å². The van der Waals surface area contributed by atoms with E-state index in [0.717, 1.165) is 12.5 Å². The lowest BCUT2D eigenvalue weighted by Gasteiger charge is -2.26. The first-order chi connectivity index (χ1) is 16.6. The van der Waals surface area contributed by atoms with E-state index in [1.54, 1.807) is 20.0 Å². The first kappa shape index (κ1) is 35.1. The first-order valence-corrected chi connectivity index (χ1v) is 17.6. The van der Waals surface area contributed by atoms with Gasteiger partial charge in [-0.1, -0.05) is 6.42 Å². The van der Waals surface area contributed by atoms with E-state index in [-0.39, 0.29) is 25.0 Å². The van der Waals surface area contributed by atoms with Gasteiger partial charge in [0.1, 0.15) is 20.0 Å². The number of Topliss-reactive ketones (excluding diaryl/α,β-unsaturated/α-hetero) is 1. The maximum absolute atomic E-state index is 13.8. The lowest BCUT2D eigenvalue weighted by molar-refractivity contribution is -0.371. The van der Waals surface area contributed by atoms with Gasteiger partial charge in [-0.15, -0.1) is 0 Å². The van der Waals surface area contributed by atoms with Gasteiger partial charge in [0.2, 0.25) is 8.32 Å². The molecule has 0 aliphatic rings. The van der Waals surface area contributed by atoms with Crippen LogP contribution in [-0.2, 0) is 37.1 Å². The Kier molecular flexibility index (Phi) is 16.4. The monoisotopic (exact) mass is 567 g/mol. The van der Waals surface area contributed by atoms with Crippen molar-refractivity contribution in [2.75, 3.05) is 46.0 Å². The molecule has 9 nitrogen and oxygen atoms in total. The molecule has 0 aromatic heterocycles. The van der Waals surface area contributed by atoms with Gasteiger partial charge in [-0.2, -0.15) is 17.6 Å². The van der Waals surface area contributed by atoms with Crippen LogP contribution in [0.4, 0.5) is 17.6 Å². The van der Waals surface area contributed by atoms with Crippen molar-refractivity contribution in [3.8, 4) is 0 Å². The highest BCUT2D eigenvalue weighted by atomic mass is 28.4.